The van der Waals surface area contributed by atoms with Crippen LogP contribution in [0.3, 0.4) is 0 Å². The number of amides is 1. The Labute approximate surface area is 183 Å². The normalized spacial score (nSPS) is 20.2. The summed E-state index contributed by atoms with van der Waals surface area (Å²) >= 11 is 0. The Morgan fingerprint density at radius 2 is 2.00 bits per heavy atom. The van der Waals surface area contributed by atoms with Crippen molar-refractivity contribution in [1.82, 2.24) is 15.6 Å². The second-order valence-electron chi connectivity index (χ2n) is 8.90. The number of nitrogens with one attached hydrogen (secondary N) is 2. The van der Waals surface area contributed by atoms with Crippen molar-refractivity contribution in [3.8, 4) is 11.6 Å². The van der Waals surface area contributed by atoms with Gasteiger partial charge in [0.25, 0.3) is 11.8 Å². The van der Waals surface area contributed by atoms with Crippen molar-refractivity contribution in [3.63, 3.8) is 0 Å². The molecule has 0 bridgehead atoms. The largest absolute Gasteiger partial charge is 0.484 e. The van der Waals surface area contributed by atoms with Gasteiger partial charge in [-0.05, 0) is 75.4 Å². The van der Waals surface area contributed by atoms with E-state index in [0.717, 1.165) is 43.5 Å². The van der Waals surface area contributed by atoms with Crippen LogP contribution in [0.4, 0.5) is 0 Å². The molecule has 4 rings (SSSR count). The number of hydrogen-bond donors (Lipinski definition) is 3. The van der Waals surface area contributed by atoms with Gasteiger partial charge in [-0.3, -0.25) is 4.79 Å². The number of aromatic nitrogens is 1. The van der Waals surface area contributed by atoms with Crippen molar-refractivity contribution < 1.29 is 19.4 Å². The van der Waals surface area contributed by atoms with Crippen LogP contribution in [-0.4, -0.2) is 47.3 Å². The van der Waals surface area contributed by atoms with E-state index in [9.17, 15) is 9.90 Å². The van der Waals surface area contributed by atoms with E-state index in [1.54, 1.807) is 6.20 Å². The maximum absolute atomic E-state index is 12.5. The highest BCUT2D eigenvalue weighted by atomic mass is 16.6. The lowest BCUT2D eigenvalue weighted by molar-refractivity contribution is -0.137. The molecule has 0 radical (unpaired) electrons. The number of nitrogens with zero attached hydrogens (tertiary/aromatic N) is 1. The zero-order chi connectivity index (χ0) is 21.8. The Hall–Kier alpha value is -2.64. The van der Waals surface area contributed by atoms with Crippen LogP contribution in [0.25, 0.3) is 0 Å². The molecular formula is C24H31N3O4. The first-order valence-corrected chi connectivity index (χ1v) is 11.0. The lowest BCUT2D eigenvalue weighted by Gasteiger charge is -2.33. The minimum absolute atomic E-state index is 0.0165. The van der Waals surface area contributed by atoms with E-state index in [-0.39, 0.29) is 18.1 Å². The summed E-state index contributed by atoms with van der Waals surface area (Å²) in [5.41, 5.74) is 0.773. The van der Waals surface area contributed by atoms with Gasteiger partial charge in [-0.25, -0.2) is 4.98 Å². The molecule has 1 aromatic carbocycles. The van der Waals surface area contributed by atoms with E-state index in [4.69, 9.17) is 9.47 Å². The monoisotopic (exact) mass is 425 g/mol. The summed E-state index contributed by atoms with van der Waals surface area (Å²) in [5, 5.41) is 16.6. The molecule has 31 heavy (non-hydrogen) atoms. The van der Waals surface area contributed by atoms with Crippen molar-refractivity contribution in [3.05, 3.63) is 53.7 Å². The fourth-order valence-corrected chi connectivity index (χ4v) is 4.12. The van der Waals surface area contributed by atoms with Gasteiger partial charge in [-0.15, -0.1) is 0 Å². The second kappa shape index (κ2) is 9.24. The standard InChI is InChI=1S/C24H31N3O4/c1-24(2,29)23(28)27-19(17-9-12-25-13-10-17)14-16-5-7-18(8-6-16)21-15-30-20-4-3-11-26-22(20)31-21/h3-8,11,17,19,21,25,29H,9-10,12-15H2,1-2H3,(H,27,28). The molecule has 2 atom stereocenters. The average molecular weight is 426 g/mol. The van der Waals surface area contributed by atoms with E-state index in [1.165, 1.54) is 13.8 Å². The van der Waals surface area contributed by atoms with Crippen molar-refractivity contribution >= 4 is 5.91 Å². The topological polar surface area (TPSA) is 92.7 Å². The van der Waals surface area contributed by atoms with Gasteiger partial charge in [0.05, 0.1) is 0 Å². The average Bonchev–Trinajstić information content (AvgIpc) is 2.78. The number of fused-ring (bicyclic) bond motifs is 1. The molecular weight excluding hydrogens is 394 g/mol. The third kappa shape index (κ3) is 5.35. The first-order chi connectivity index (χ1) is 14.9. The second-order valence-corrected chi connectivity index (χ2v) is 8.90. The molecule has 1 saturated heterocycles. The van der Waals surface area contributed by atoms with Gasteiger partial charge >= 0.3 is 0 Å². The van der Waals surface area contributed by atoms with Crippen LogP contribution in [0.2, 0.25) is 0 Å². The van der Waals surface area contributed by atoms with Crippen LogP contribution in [0, 0.1) is 5.92 Å². The van der Waals surface area contributed by atoms with Gasteiger partial charge in [-0.2, -0.15) is 0 Å². The number of carbonyl (C=O) groups is 1. The summed E-state index contributed by atoms with van der Waals surface area (Å²) in [6, 6.07) is 11.9. The SMILES string of the molecule is CC(C)(O)C(=O)NC(Cc1ccc(C2COc3cccnc3O2)cc1)C1CCNCC1. The molecule has 1 amide bonds. The van der Waals surface area contributed by atoms with Gasteiger partial charge in [-0.1, -0.05) is 24.3 Å². The number of aliphatic hydroxyl groups is 1. The fraction of sp³-hybridized carbons (Fsp3) is 0.500. The zero-order valence-electron chi connectivity index (χ0n) is 18.1. The number of carbonyl (C=O) groups excluding carboxylic acids is 1. The van der Waals surface area contributed by atoms with Gasteiger partial charge in [0, 0.05) is 12.2 Å². The van der Waals surface area contributed by atoms with E-state index in [2.05, 4.69) is 39.9 Å². The van der Waals surface area contributed by atoms with Crippen molar-refractivity contribution in [1.29, 1.82) is 0 Å². The predicted molar refractivity (Wildman–Crippen MR) is 117 cm³/mol. The maximum atomic E-state index is 12.5. The first kappa shape index (κ1) is 21.6. The number of benzene rings is 1. The molecule has 0 spiro atoms. The van der Waals surface area contributed by atoms with Crippen LogP contribution < -0.4 is 20.1 Å². The molecule has 166 valence electrons. The highest BCUT2D eigenvalue weighted by Crippen LogP contribution is 2.34. The highest BCUT2D eigenvalue weighted by Gasteiger charge is 2.31. The predicted octanol–water partition coefficient (Wildman–Crippen LogP) is 2.39. The van der Waals surface area contributed by atoms with E-state index < -0.39 is 5.60 Å². The summed E-state index contributed by atoms with van der Waals surface area (Å²) in [7, 11) is 0. The van der Waals surface area contributed by atoms with Crippen LogP contribution in [0.5, 0.6) is 11.6 Å². The Kier molecular flexibility index (Phi) is 6.43. The van der Waals surface area contributed by atoms with Crippen molar-refractivity contribution in [2.24, 2.45) is 5.92 Å². The summed E-state index contributed by atoms with van der Waals surface area (Å²) < 4.78 is 11.8. The lowest BCUT2D eigenvalue weighted by atomic mass is 9.86. The van der Waals surface area contributed by atoms with Gasteiger partial charge in [0.2, 0.25) is 0 Å². The highest BCUT2D eigenvalue weighted by molar-refractivity contribution is 5.84. The van der Waals surface area contributed by atoms with Crippen LogP contribution >= 0.6 is 0 Å². The van der Waals surface area contributed by atoms with Crippen LogP contribution in [-0.2, 0) is 11.2 Å². The van der Waals surface area contributed by atoms with Gasteiger partial charge in [0.1, 0.15) is 12.2 Å². The van der Waals surface area contributed by atoms with Gasteiger partial charge in [0.15, 0.2) is 11.9 Å². The van der Waals surface area contributed by atoms with Crippen molar-refractivity contribution in [2.75, 3.05) is 19.7 Å². The third-order valence-corrected chi connectivity index (χ3v) is 6.01. The molecule has 2 aromatic rings. The maximum Gasteiger partial charge on any atom is 0.257 e. The van der Waals surface area contributed by atoms with E-state index >= 15 is 0 Å². The Morgan fingerprint density at radius 1 is 1.26 bits per heavy atom. The fourth-order valence-electron chi connectivity index (χ4n) is 4.12. The number of pyridine rings is 1. The van der Waals surface area contributed by atoms with Crippen molar-refractivity contribution in [2.45, 2.75) is 50.9 Å². The minimum atomic E-state index is -1.39. The van der Waals surface area contributed by atoms with Gasteiger partial charge < -0.3 is 25.2 Å². The van der Waals surface area contributed by atoms with Crippen LogP contribution in [0.1, 0.15) is 43.9 Å². The molecule has 2 aliphatic heterocycles. The molecule has 7 heteroatoms. The summed E-state index contributed by atoms with van der Waals surface area (Å²) in [6.45, 7) is 5.39. The molecule has 0 saturated carbocycles. The quantitative estimate of drug-likeness (QED) is 0.658. The summed E-state index contributed by atoms with van der Waals surface area (Å²) in [5.74, 6) is 1.24. The third-order valence-electron chi connectivity index (χ3n) is 6.01. The molecule has 7 nitrogen and oxygen atoms in total. The molecule has 3 N–H and O–H groups in total. The summed E-state index contributed by atoms with van der Waals surface area (Å²) in [6.07, 6.45) is 4.23. The number of rotatable bonds is 6. The number of hydrogen-bond acceptors (Lipinski definition) is 6. The molecule has 2 aliphatic rings. The summed E-state index contributed by atoms with van der Waals surface area (Å²) in [4.78, 5) is 16.7. The Balaban J connectivity index is 1.44. The first-order valence-electron chi connectivity index (χ1n) is 11.0. The lowest BCUT2D eigenvalue weighted by Crippen LogP contribution is -2.51. The molecule has 2 unspecified atom stereocenters. The zero-order valence-corrected chi connectivity index (χ0v) is 18.1. The van der Waals surface area contributed by atoms with E-state index in [0.29, 0.717) is 24.2 Å². The molecule has 1 fully saturated rings. The number of ether oxygens (including phenoxy) is 2. The number of piperidine rings is 1. The molecule has 3 heterocycles. The Morgan fingerprint density at radius 3 is 2.71 bits per heavy atom. The smallest absolute Gasteiger partial charge is 0.257 e. The minimum Gasteiger partial charge on any atom is -0.484 e. The van der Waals surface area contributed by atoms with E-state index in [1.807, 2.05) is 12.1 Å². The van der Waals surface area contributed by atoms with Crippen LogP contribution in [0.15, 0.2) is 42.6 Å². The molecule has 0 aliphatic carbocycles. The Bertz CT molecular complexity index is 888. The molecule has 1 aromatic heterocycles.